The number of rotatable bonds is 9. The van der Waals surface area contributed by atoms with Crippen LogP contribution in [0.25, 0.3) is 10.9 Å². The Labute approximate surface area is 202 Å². The van der Waals surface area contributed by atoms with Gasteiger partial charge in [-0.05, 0) is 50.6 Å². The molecule has 0 bridgehead atoms. The monoisotopic (exact) mass is 488 g/mol. The number of methoxy groups -OCH3 is 1. The van der Waals surface area contributed by atoms with E-state index >= 15 is 0 Å². The van der Waals surface area contributed by atoms with Crippen molar-refractivity contribution >= 4 is 40.0 Å². The summed E-state index contributed by atoms with van der Waals surface area (Å²) in [5.74, 6) is 1.01. The summed E-state index contributed by atoms with van der Waals surface area (Å²) in [6, 6.07) is 7.97. The normalized spacial score (nSPS) is 16.4. The Bertz CT molecular complexity index is 1180. The molecule has 1 N–H and O–H groups in total. The molecule has 1 saturated heterocycles. The zero-order chi connectivity index (χ0) is 24.1. The molecule has 10 heteroatoms. The third kappa shape index (κ3) is 5.84. The van der Waals surface area contributed by atoms with Crippen LogP contribution in [0.4, 0.5) is 15.9 Å². The number of fused-ring (bicyclic) bond motifs is 1. The van der Waals surface area contributed by atoms with Crippen LogP contribution in [0.5, 0.6) is 11.5 Å². The van der Waals surface area contributed by atoms with Crippen molar-refractivity contribution in [2.45, 2.75) is 25.9 Å². The molecule has 8 nitrogen and oxygen atoms in total. The maximum Gasteiger partial charge on any atom is 0.320 e. The second kappa shape index (κ2) is 10.8. The average Bonchev–Trinajstić information content (AvgIpc) is 2.80. The van der Waals surface area contributed by atoms with Crippen LogP contribution < -0.4 is 14.8 Å². The minimum Gasteiger partial charge on any atom is -0.493 e. The van der Waals surface area contributed by atoms with E-state index in [-0.39, 0.29) is 17.1 Å². The van der Waals surface area contributed by atoms with Crippen LogP contribution in [0.1, 0.15) is 19.8 Å². The number of esters is 1. The molecule has 180 valence electrons. The van der Waals surface area contributed by atoms with Crippen LogP contribution >= 0.6 is 11.6 Å². The zero-order valence-corrected chi connectivity index (χ0v) is 19.8. The lowest BCUT2D eigenvalue weighted by molar-refractivity contribution is -0.157. The molecule has 2 heterocycles. The molecular formula is C24H26ClFN4O4. The first kappa shape index (κ1) is 24.0. The van der Waals surface area contributed by atoms with Gasteiger partial charge in [-0.2, -0.15) is 0 Å². The van der Waals surface area contributed by atoms with E-state index in [9.17, 15) is 9.18 Å². The number of carbonyl (C=O) groups is 1. The fourth-order valence-electron chi connectivity index (χ4n) is 3.85. The van der Waals surface area contributed by atoms with Crippen molar-refractivity contribution in [1.29, 1.82) is 0 Å². The third-order valence-corrected chi connectivity index (χ3v) is 5.72. The Morgan fingerprint density at radius 1 is 1.24 bits per heavy atom. The van der Waals surface area contributed by atoms with Crippen molar-refractivity contribution in [3.05, 3.63) is 47.5 Å². The number of halogens is 2. The predicted molar refractivity (Wildman–Crippen MR) is 128 cm³/mol. The minimum atomic E-state index is -0.490. The van der Waals surface area contributed by atoms with Crippen LogP contribution in [-0.2, 0) is 9.53 Å². The quantitative estimate of drug-likeness (QED) is 0.346. The van der Waals surface area contributed by atoms with E-state index in [0.717, 1.165) is 31.3 Å². The fourth-order valence-corrected chi connectivity index (χ4v) is 4.03. The Hall–Kier alpha value is -3.17. The van der Waals surface area contributed by atoms with Gasteiger partial charge in [-0.1, -0.05) is 11.6 Å². The van der Waals surface area contributed by atoms with Crippen molar-refractivity contribution in [3.8, 4) is 11.5 Å². The highest BCUT2D eigenvalue weighted by Crippen LogP contribution is 2.35. The van der Waals surface area contributed by atoms with E-state index in [1.165, 1.54) is 18.5 Å². The first-order valence-corrected chi connectivity index (χ1v) is 11.4. The second-order valence-corrected chi connectivity index (χ2v) is 8.49. The third-order valence-electron chi connectivity index (χ3n) is 5.43. The van der Waals surface area contributed by atoms with Gasteiger partial charge in [-0.3, -0.25) is 9.69 Å². The lowest BCUT2D eigenvalue weighted by Crippen LogP contribution is -2.44. The molecule has 34 heavy (non-hydrogen) atoms. The molecule has 1 fully saturated rings. The van der Waals surface area contributed by atoms with Gasteiger partial charge in [0.2, 0.25) is 0 Å². The zero-order valence-electron chi connectivity index (χ0n) is 19.0. The number of cyclic esters (lactones) is 1. The highest BCUT2D eigenvalue weighted by molar-refractivity contribution is 6.31. The summed E-state index contributed by atoms with van der Waals surface area (Å²) in [7, 11) is 1.57. The first-order chi connectivity index (χ1) is 16.4. The number of hydrogen-bond donors (Lipinski definition) is 1. The van der Waals surface area contributed by atoms with E-state index in [2.05, 4.69) is 20.2 Å². The maximum atomic E-state index is 13.5. The number of anilines is 2. The maximum absolute atomic E-state index is 13.5. The molecule has 3 aromatic rings. The van der Waals surface area contributed by atoms with Crippen molar-refractivity contribution in [2.75, 3.05) is 38.7 Å². The lowest BCUT2D eigenvalue weighted by Gasteiger charge is -2.30. The number of nitrogens with one attached hydrogen (secondary N) is 1. The van der Waals surface area contributed by atoms with Crippen LogP contribution in [0, 0.1) is 5.82 Å². The summed E-state index contributed by atoms with van der Waals surface area (Å²) < 4.78 is 30.1. The molecule has 0 saturated carbocycles. The largest absolute Gasteiger partial charge is 0.493 e. The van der Waals surface area contributed by atoms with Crippen LogP contribution in [0.15, 0.2) is 36.7 Å². The molecule has 1 aliphatic rings. The molecule has 1 aliphatic heterocycles. The SMILES string of the molecule is COc1cc2c(Nc3ccc(F)c(Cl)c3)ncnc2cc1OCCCCN1CC(=O)OC(C)C1. The van der Waals surface area contributed by atoms with E-state index in [1.54, 1.807) is 25.3 Å². The number of ether oxygens (including phenoxy) is 3. The smallest absolute Gasteiger partial charge is 0.320 e. The summed E-state index contributed by atoms with van der Waals surface area (Å²) >= 11 is 5.89. The molecule has 4 rings (SSSR count). The van der Waals surface area contributed by atoms with Crippen molar-refractivity contribution in [2.24, 2.45) is 0 Å². The van der Waals surface area contributed by atoms with Gasteiger partial charge < -0.3 is 19.5 Å². The number of morpholine rings is 1. The molecule has 0 spiro atoms. The van der Waals surface area contributed by atoms with Gasteiger partial charge in [0.25, 0.3) is 0 Å². The summed E-state index contributed by atoms with van der Waals surface area (Å²) in [4.78, 5) is 22.3. The van der Waals surface area contributed by atoms with E-state index in [1.807, 2.05) is 6.92 Å². The molecule has 0 aliphatic carbocycles. The topological polar surface area (TPSA) is 85.8 Å². The average molecular weight is 489 g/mol. The van der Waals surface area contributed by atoms with Crippen molar-refractivity contribution in [3.63, 3.8) is 0 Å². The summed E-state index contributed by atoms with van der Waals surface area (Å²) in [5, 5.41) is 3.89. The number of hydrogen-bond acceptors (Lipinski definition) is 8. The number of benzene rings is 2. The van der Waals surface area contributed by atoms with Gasteiger partial charge >= 0.3 is 5.97 Å². The first-order valence-electron chi connectivity index (χ1n) is 11.0. The molecule has 0 amide bonds. The van der Waals surface area contributed by atoms with Crippen LogP contribution in [0.2, 0.25) is 5.02 Å². The number of carbonyl (C=O) groups excluding carboxylic acids is 1. The minimum absolute atomic E-state index is 0.0198. The fraction of sp³-hybridized carbons (Fsp3) is 0.375. The van der Waals surface area contributed by atoms with Crippen LogP contribution in [-0.4, -0.2) is 60.3 Å². The molecular weight excluding hydrogens is 463 g/mol. The summed E-state index contributed by atoms with van der Waals surface area (Å²) in [6.07, 6.45) is 3.09. The lowest BCUT2D eigenvalue weighted by atomic mass is 10.2. The van der Waals surface area contributed by atoms with Crippen LogP contribution in [0.3, 0.4) is 0 Å². The van der Waals surface area contributed by atoms with E-state index in [0.29, 0.717) is 41.7 Å². The van der Waals surface area contributed by atoms with Gasteiger partial charge in [0.1, 0.15) is 24.1 Å². The Balaban J connectivity index is 1.40. The predicted octanol–water partition coefficient (Wildman–Crippen LogP) is 4.58. The summed E-state index contributed by atoms with van der Waals surface area (Å²) in [6.45, 7) is 4.31. The molecule has 1 unspecified atom stereocenters. The van der Waals surface area contributed by atoms with Gasteiger partial charge in [0.15, 0.2) is 11.5 Å². The highest BCUT2D eigenvalue weighted by atomic mass is 35.5. The summed E-state index contributed by atoms with van der Waals surface area (Å²) in [5.41, 5.74) is 1.27. The van der Waals surface area contributed by atoms with E-state index in [4.69, 9.17) is 25.8 Å². The highest BCUT2D eigenvalue weighted by Gasteiger charge is 2.22. The Morgan fingerprint density at radius 3 is 2.85 bits per heavy atom. The molecule has 1 atom stereocenters. The number of nitrogens with zero attached hydrogens (tertiary/aromatic N) is 3. The van der Waals surface area contributed by atoms with Crippen molar-refractivity contribution in [1.82, 2.24) is 14.9 Å². The number of unbranched alkanes of at least 4 members (excludes halogenated alkanes) is 1. The molecule has 2 aromatic carbocycles. The van der Waals surface area contributed by atoms with Gasteiger partial charge in [-0.15, -0.1) is 0 Å². The molecule has 0 radical (unpaired) electrons. The standard InChI is InChI=1S/C24H26ClFN4O4/c1-15-12-30(13-23(31)34-15)7-3-4-8-33-22-11-20-17(10-21(22)32-2)24(28-14-27-20)29-16-5-6-19(26)18(25)9-16/h5-6,9-11,14-15H,3-4,7-8,12-13H2,1-2H3,(H,27,28,29). The second-order valence-electron chi connectivity index (χ2n) is 8.09. The Kier molecular flexibility index (Phi) is 7.64. The Morgan fingerprint density at radius 2 is 2.09 bits per heavy atom. The van der Waals surface area contributed by atoms with Gasteiger partial charge in [-0.25, -0.2) is 14.4 Å². The van der Waals surface area contributed by atoms with Gasteiger partial charge in [0, 0.05) is 23.7 Å². The van der Waals surface area contributed by atoms with E-state index < -0.39 is 5.82 Å². The van der Waals surface area contributed by atoms with Crippen molar-refractivity contribution < 1.29 is 23.4 Å². The number of aromatic nitrogens is 2. The molecule has 1 aromatic heterocycles. The van der Waals surface area contributed by atoms with Gasteiger partial charge in [0.05, 0.1) is 30.8 Å².